The lowest BCUT2D eigenvalue weighted by atomic mass is 10.1. The number of hydrogen-bond acceptors (Lipinski definition) is 4. The van der Waals surface area contributed by atoms with Crippen molar-refractivity contribution < 1.29 is 4.79 Å². The van der Waals surface area contributed by atoms with Crippen LogP contribution in [-0.2, 0) is 4.79 Å². The average molecular weight is 388 g/mol. The van der Waals surface area contributed by atoms with Gasteiger partial charge < -0.3 is 5.32 Å². The Hall–Kier alpha value is -1.72. The van der Waals surface area contributed by atoms with Crippen molar-refractivity contribution >= 4 is 17.2 Å². The van der Waals surface area contributed by atoms with Crippen LogP contribution in [0.2, 0.25) is 0 Å². The molecule has 0 saturated carbocycles. The monoisotopic (exact) mass is 387 g/mol. The van der Waals surface area contributed by atoms with E-state index >= 15 is 0 Å². The third-order valence-electron chi connectivity index (χ3n) is 4.86. The van der Waals surface area contributed by atoms with Crippen LogP contribution in [0.25, 0.3) is 0 Å². The molecule has 0 aliphatic rings. The average Bonchev–Trinajstić information content (AvgIpc) is 3.21. The normalized spacial score (nSPS) is 13.5. The highest BCUT2D eigenvalue weighted by atomic mass is 32.1. The van der Waals surface area contributed by atoms with E-state index in [0.29, 0.717) is 12.6 Å². The lowest BCUT2D eigenvalue weighted by Gasteiger charge is -2.29. The molecule has 2 aromatic rings. The molecule has 0 aliphatic carbocycles. The molecule has 2 unspecified atom stereocenters. The van der Waals surface area contributed by atoms with Crippen LogP contribution < -0.4 is 5.32 Å². The largest absolute Gasteiger partial charge is 0.342 e. The molecular formula is C22H33N3OS. The summed E-state index contributed by atoms with van der Waals surface area (Å²) in [6.45, 7) is 8.08. The Bertz CT molecular complexity index is 645. The van der Waals surface area contributed by atoms with Gasteiger partial charge in [0.1, 0.15) is 11.0 Å². The summed E-state index contributed by atoms with van der Waals surface area (Å²) in [7, 11) is 0. The molecular weight excluding hydrogens is 354 g/mol. The zero-order valence-electron chi connectivity index (χ0n) is 16.9. The summed E-state index contributed by atoms with van der Waals surface area (Å²) in [5.41, 5.74) is 1.07. The Morgan fingerprint density at radius 1 is 1.19 bits per heavy atom. The maximum absolute atomic E-state index is 12.9. The van der Waals surface area contributed by atoms with Crippen molar-refractivity contribution in [2.75, 3.05) is 13.1 Å². The smallest absolute Gasteiger partial charge is 0.235 e. The van der Waals surface area contributed by atoms with Crippen LogP contribution in [0, 0.1) is 0 Å². The SMILES string of the molecule is CCCCCN(CC(=O)NC(c1ccccc1)c1nccs1)C(C)CCC. The molecule has 1 heterocycles. The minimum atomic E-state index is -0.183. The van der Waals surface area contributed by atoms with E-state index in [1.165, 1.54) is 12.8 Å². The number of hydrogen-bond donors (Lipinski definition) is 1. The quantitative estimate of drug-likeness (QED) is 0.520. The predicted molar refractivity (Wildman–Crippen MR) is 114 cm³/mol. The second kappa shape index (κ2) is 11.9. The van der Waals surface area contributed by atoms with Crippen LogP contribution in [-0.4, -0.2) is 34.9 Å². The number of carbonyl (C=O) groups excluding carboxylic acids is 1. The topological polar surface area (TPSA) is 45.2 Å². The zero-order valence-corrected chi connectivity index (χ0v) is 17.7. The highest BCUT2D eigenvalue weighted by molar-refractivity contribution is 7.09. The van der Waals surface area contributed by atoms with Crippen molar-refractivity contribution in [2.45, 2.75) is 65.0 Å². The molecule has 148 valence electrons. The van der Waals surface area contributed by atoms with Crippen LogP contribution in [0.4, 0.5) is 0 Å². The first-order valence-corrected chi connectivity index (χ1v) is 11.0. The van der Waals surface area contributed by atoms with E-state index in [2.05, 4.69) is 36.0 Å². The van der Waals surface area contributed by atoms with Crippen molar-refractivity contribution in [3.63, 3.8) is 0 Å². The molecule has 1 aromatic carbocycles. The number of nitrogens with one attached hydrogen (secondary N) is 1. The fourth-order valence-electron chi connectivity index (χ4n) is 3.32. The van der Waals surface area contributed by atoms with Gasteiger partial charge in [0.05, 0.1) is 6.54 Å². The van der Waals surface area contributed by atoms with Gasteiger partial charge in [0.15, 0.2) is 0 Å². The van der Waals surface area contributed by atoms with E-state index in [1.54, 1.807) is 17.5 Å². The van der Waals surface area contributed by atoms with Crippen molar-refractivity contribution in [3.05, 3.63) is 52.5 Å². The highest BCUT2D eigenvalue weighted by Gasteiger charge is 2.22. The maximum atomic E-state index is 12.9. The number of carbonyl (C=O) groups is 1. The Balaban J connectivity index is 2.06. The van der Waals surface area contributed by atoms with Crippen molar-refractivity contribution in [2.24, 2.45) is 0 Å². The standard InChI is InChI=1S/C22H33N3OS/c1-4-6-10-15-25(18(3)11-5-2)17-20(26)24-21(22-23-14-16-27-22)19-12-8-7-9-13-19/h7-9,12-14,16,18,21H,4-6,10-11,15,17H2,1-3H3,(H,24,26). The predicted octanol–water partition coefficient (Wildman–Crippen LogP) is 5.03. The fourth-order valence-corrected chi connectivity index (χ4v) is 4.04. The van der Waals surface area contributed by atoms with Gasteiger partial charge in [-0.05, 0) is 31.9 Å². The molecule has 4 nitrogen and oxygen atoms in total. The number of rotatable bonds is 12. The minimum Gasteiger partial charge on any atom is -0.342 e. The van der Waals surface area contributed by atoms with Gasteiger partial charge in [-0.3, -0.25) is 9.69 Å². The van der Waals surface area contributed by atoms with Gasteiger partial charge >= 0.3 is 0 Å². The Morgan fingerprint density at radius 3 is 2.59 bits per heavy atom. The van der Waals surface area contributed by atoms with Gasteiger partial charge in [0.25, 0.3) is 0 Å². The molecule has 0 saturated heterocycles. The third kappa shape index (κ3) is 7.07. The highest BCUT2D eigenvalue weighted by Crippen LogP contribution is 2.23. The number of benzene rings is 1. The second-order valence-corrected chi connectivity index (χ2v) is 8.02. The number of unbranched alkanes of at least 4 members (excludes halogenated alkanes) is 2. The number of thiazole rings is 1. The molecule has 0 fully saturated rings. The first kappa shape index (κ1) is 21.6. The Kier molecular flexibility index (Phi) is 9.50. The molecule has 0 radical (unpaired) electrons. The van der Waals surface area contributed by atoms with Gasteiger partial charge in [0, 0.05) is 17.6 Å². The van der Waals surface area contributed by atoms with Crippen LogP contribution >= 0.6 is 11.3 Å². The van der Waals surface area contributed by atoms with Crippen molar-refractivity contribution in [1.29, 1.82) is 0 Å². The van der Waals surface area contributed by atoms with E-state index in [1.807, 2.05) is 35.7 Å². The van der Waals surface area contributed by atoms with Gasteiger partial charge in [-0.1, -0.05) is 63.4 Å². The van der Waals surface area contributed by atoms with Crippen LogP contribution in [0.3, 0.4) is 0 Å². The number of nitrogens with zero attached hydrogens (tertiary/aromatic N) is 2. The van der Waals surface area contributed by atoms with Crippen LogP contribution in [0.5, 0.6) is 0 Å². The Morgan fingerprint density at radius 2 is 1.96 bits per heavy atom. The molecule has 2 rings (SSSR count). The first-order chi connectivity index (χ1) is 13.2. The third-order valence-corrected chi connectivity index (χ3v) is 5.70. The molecule has 2 atom stereocenters. The van der Waals surface area contributed by atoms with Gasteiger partial charge in [-0.25, -0.2) is 4.98 Å². The van der Waals surface area contributed by atoms with E-state index in [0.717, 1.165) is 36.4 Å². The van der Waals surface area contributed by atoms with Gasteiger partial charge in [0.2, 0.25) is 5.91 Å². The number of aromatic nitrogens is 1. The van der Waals surface area contributed by atoms with E-state index in [-0.39, 0.29) is 11.9 Å². The van der Waals surface area contributed by atoms with Gasteiger partial charge in [-0.15, -0.1) is 11.3 Å². The summed E-state index contributed by atoms with van der Waals surface area (Å²) in [4.78, 5) is 19.7. The summed E-state index contributed by atoms with van der Waals surface area (Å²) in [6, 6.07) is 10.3. The summed E-state index contributed by atoms with van der Waals surface area (Å²) in [5, 5.41) is 6.10. The van der Waals surface area contributed by atoms with Crippen LogP contribution in [0.15, 0.2) is 41.9 Å². The molecule has 27 heavy (non-hydrogen) atoms. The number of amides is 1. The molecule has 5 heteroatoms. The molecule has 0 aliphatic heterocycles. The fraction of sp³-hybridized carbons (Fsp3) is 0.545. The first-order valence-electron chi connectivity index (χ1n) is 10.1. The van der Waals surface area contributed by atoms with E-state index < -0.39 is 0 Å². The van der Waals surface area contributed by atoms with E-state index in [4.69, 9.17) is 0 Å². The molecule has 1 N–H and O–H groups in total. The van der Waals surface area contributed by atoms with Crippen molar-refractivity contribution in [1.82, 2.24) is 15.2 Å². The van der Waals surface area contributed by atoms with E-state index in [9.17, 15) is 4.79 Å². The van der Waals surface area contributed by atoms with Crippen LogP contribution in [0.1, 0.15) is 69.5 Å². The summed E-state index contributed by atoms with van der Waals surface area (Å²) < 4.78 is 0. The minimum absolute atomic E-state index is 0.0681. The summed E-state index contributed by atoms with van der Waals surface area (Å²) >= 11 is 1.58. The van der Waals surface area contributed by atoms with Gasteiger partial charge in [-0.2, -0.15) is 0 Å². The lowest BCUT2D eigenvalue weighted by molar-refractivity contribution is -0.123. The lowest BCUT2D eigenvalue weighted by Crippen LogP contribution is -2.43. The summed E-state index contributed by atoms with van der Waals surface area (Å²) in [6.07, 6.45) is 7.60. The molecule has 0 bridgehead atoms. The maximum Gasteiger partial charge on any atom is 0.235 e. The molecule has 0 spiro atoms. The van der Waals surface area contributed by atoms with Crippen molar-refractivity contribution in [3.8, 4) is 0 Å². The summed E-state index contributed by atoms with van der Waals surface area (Å²) in [5.74, 6) is 0.0681. The zero-order chi connectivity index (χ0) is 19.5. The second-order valence-electron chi connectivity index (χ2n) is 7.10. The molecule has 1 aromatic heterocycles. The Labute approximate surface area is 168 Å². The molecule has 1 amide bonds.